The molecule has 1 N–H and O–H groups in total. The molecule has 0 aromatic heterocycles. The fourth-order valence-electron chi connectivity index (χ4n) is 2.07. The Balaban J connectivity index is 2.24. The Kier molecular flexibility index (Phi) is 4.17. The van der Waals surface area contributed by atoms with Gasteiger partial charge in [-0.05, 0) is 24.6 Å². The monoisotopic (exact) mass is 260 g/mol. The van der Waals surface area contributed by atoms with Crippen molar-refractivity contribution in [1.29, 1.82) is 0 Å². The highest BCUT2D eigenvalue weighted by Gasteiger charge is 2.18. The van der Waals surface area contributed by atoms with Crippen molar-refractivity contribution in [2.24, 2.45) is 0 Å². The van der Waals surface area contributed by atoms with Crippen LogP contribution in [0.15, 0.2) is 42.5 Å². The number of methoxy groups -OCH3 is 1. The molecule has 2 rings (SSSR count). The summed E-state index contributed by atoms with van der Waals surface area (Å²) in [5, 5.41) is 10.2. The summed E-state index contributed by atoms with van der Waals surface area (Å²) < 4.78 is 18.9. The highest BCUT2D eigenvalue weighted by atomic mass is 19.1. The molecule has 0 heterocycles. The van der Waals surface area contributed by atoms with Gasteiger partial charge in [0, 0.05) is 6.42 Å². The lowest BCUT2D eigenvalue weighted by atomic mass is 9.99. The Morgan fingerprint density at radius 2 is 1.84 bits per heavy atom. The second-order valence-corrected chi connectivity index (χ2v) is 4.56. The van der Waals surface area contributed by atoms with Gasteiger partial charge in [0.1, 0.15) is 11.6 Å². The topological polar surface area (TPSA) is 29.5 Å². The summed E-state index contributed by atoms with van der Waals surface area (Å²) in [4.78, 5) is 0. The first-order valence-electron chi connectivity index (χ1n) is 6.18. The molecule has 2 nitrogen and oxygen atoms in total. The molecule has 0 aliphatic carbocycles. The molecule has 2 aromatic carbocycles. The van der Waals surface area contributed by atoms with Gasteiger partial charge in [0.25, 0.3) is 0 Å². The van der Waals surface area contributed by atoms with E-state index in [-0.39, 0.29) is 5.56 Å². The Morgan fingerprint density at radius 3 is 2.47 bits per heavy atom. The zero-order valence-corrected chi connectivity index (χ0v) is 11.1. The van der Waals surface area contributed by atoms with Gasteiger partial charge in [-0.3, -0.25) is 0 Å². The highest BCUT2D eigenvalue weighted by molar-refractivity contribution is 5.37. The van der Waals surface area contributed by atoms with E-state index in [1.165, 1.54) is 13.2 Å². The number of hydrogen-bond acceptors (Lipinski definition) is 2. The molecule has 0 bridgehead atoms. The van der Waals surface area contributed by atoms with E-state index < -0.39 is 11.9 Å². The molecule has 0 aliphatic rings. The summed E-state index contributed by atoms with van der Waals surface area (Å²) in [6.45, 7) is 2.00. The molecule has 2 aromatic rings. The fourth-order valence-corrected chi connectivity index (χ4v) is 2.07. The third-order valence-electron chi connectivity index (χ3n) is 3.12. The van der Waals surface area contributed by atoms with E-state index in [0.717, 1.165) is 11.1 Å². The lowest BCUT2D eigenvalue weighted by Gasteiger charge is -2.15. The smallest absolute Gasteiger partial charge is 0.132 e. The summed E-state index contributed by atoms with van der Waals surface area (Å²) in [5.74, 6) is -0.0708. The molecule has 0 saturated carbocycles. The second kappa shape index (κ2) is 5.85. The number of aliphatic hydroxyl groups is 1. The van der Waals surface area contributed by atoms with Gasteiger partial charge >= 0.3 is 0 Å². The van der Waals surface area contributed by atoms with Crippen molar-refractivity contribution >= 4 is 0 Å². The van der Waals surface area contributed by atoms with Gasteiger partial charge in [-0.25, -0.2) is 4.39 Å². The first kappa shape index (κ1) is 13.6. The van der Waals surface area contributed by atoms with Gasteiger partial charge < -0.3 is 9.84 Å². The van der Waals surface area contributed by atoms with Crippen molar-refractivity contribution in [3.63, 3.8) is 0 Å². The minimum Gasteiger partial charge on any atom is -0.496 e. The summed E-state index contributed by atoms with van der Waals surface area (Å²) in [5.41, 5.74) is 2.33. The maximum atomic E-state index is 13.8. The Morgan fingerprint density at radius 1 is 1.16 bits per heavy atom. The largest absolute Gasteiger partial charge is 0.496 e. The van der Waals surface area contributed by atoms with Crippen molar-refractivity contribution in [1.82, 2.24) is 0 Å². The number of hydrogen-bond donors (Lipinski definition) is 1. The number of halogens is 1. The molecule has 0 spiro atoms. The number of benzene rings is 2. The molecule has 0 aliphatic heterocycles. The molecule has 0 radical (unpaired) electrons. The van der Waals surface area contributed by atoms with Gasteiger partial charge in [-0.1, -0.05) is 35.9 Å². The number of ether oxygens (including phenoxy) is 1. The van der Waals surface area contributed by atoms with Crippen molar-refractivity contribution < 1.29 is 14.2 Å². The second-order valence-electron chi connectivity index (χ2n) is 4.56. The third kappa shape index (κ3) is 3.12. The maximum absolute atomic E-state index is 13.8. The van der Waals surface area contributed by atoms with E-state index in [9.17, 15) is 9.50 Å². The predicted octanol–water partition coefficient (Wildman–Crippen LogP) is 3.42. The van der Waals surface area contributed by atoms with Crippen LogP contribution in [0.25, 0.3) is 0 Å². The van der Waals surface area contributed by atoms with Crippen molar-refractivity contribution in [3.05, 3.63) is 65.0 Å². The Labute approximate surface area is 112 Å². The van der Waals surface area contributed by atoms with E-state index in [1.54, 1.807) is 12.1 Å². The average molecular weight is 260 g/mol. The molecule has 0 saturated heterocycles. The lowest BCUT2D eigenvalue weighted by molar-refractivity contribution is 0.169. The molecule has 19 heavy (non-hydrogen) atoms. The minimum atomic E-state index is -0.918. The van der Waals surface area contributed by atoms with Crippen LogP contribution >= 0.6 is 0 Å². The van der Waals surface area contributed by atoms with Crippen LogP contribution < -0.4 is 4.74 Å². The van der Waals surface area contributed by atoms with Crippen LogP contribution in [0.4, 0.5) is 4.39 Å². The molecule has 0 amide bonds. The Bertz CT molecular complexity index is 549. The average Bonchev–Trinajstić information content (AvgIpc) is 2.40. The normalized spacial score (nSPS) is 12.2. The van der Waals surface area contributed by atoms with E-state index in [0.29, 0.717) is 12.2 Å². The summed E-state index contributed by atoms with van der Waals surface area (Å²) in [6.07, 6.45) is -0.559. The number of aliphatic hydroxyl groups excluding tert-OH is 1. The number of rotatable bonds is 4. The van der Waals surface area contributed by atoms with Crippen LogP contribution in [-0.4, -0.2) is 12.2 Å². The third-order valence-corrected chi connectivity index (χ3v) is 3.12. The SMILES string of the molecule is COc1cccc(F)c1C(O)Cc1ccc(C)cc1. The number of aryl methyl sites for hydroxylation is 1. The van der Waals surface area contributed by atoms with E-state index in [1.807, 2.05) is 31.2 Å². The quantitative estimate of drug-likeness (QED) is 0.912. The molecular weight excluding hydrogens is 243 g/mol. The van der Waals surface area contributed by atoms with Gasteiger partial charge in [0.15, 0.2) is 0 Å². The highest BCUT2D eigenvalue weighted by Crippen LogP contribution is 2.30. The minimum absolute atomic E-state index is 0.213. The zero-order valence-electron chi connectivity index (χ0n) is 11.1. The van der Waals surface area contributed by atoms with Crippen molar-refractivity contribution in [2.75, 3.05) is 7.11 Å². The van der Waals surface area contributed by atoms with Crippen LogP contribution in [0, 0.1) is 12.7 Å². The Hall–Kier alpha value is -1.87. The fraction of sp³-hybridized carbons (Fsp3) is 0.250. The molecule has 1 unspecified atom stereocenters. The van der Waals surface area contributed by atoms with Crippen LogP contribution in [0.1, 0.15) is 22.8 Å². The van der Waals surface area contributed by atoms with Crippen molar-refractivity contribution in [3.8, 4) is 5.75 Å². The van der Waals surface area contributed by atoms with Gasteiger partial charge in [-0.15, -0.1) is 0 Å². The van der Waals surface area contributed by atoms with E-state index in [2.05, 4.69) is 0 Å². The molecular formula is C16H17FO2. The van der Waals surface area contributed by atoms with Crippen LogP contribution in [-0.2, 0) is 6.42 Å². The van der Waals surface area contributed by atoms with Gasteiger partial charge in [0.2, 0.25) is 0 Å². The lowest BCUT2D eigenvalue weighted by Crippen LogP contribution is -2.06. The summed E-state index contributed by atoms with van der Waals surface area (Å²) in [6, 6.07) is 12.4. The molecule has 100 valence electrons. The van der Waals surface area contributed by atoms with Gasteiger partial charge in [0.05, 0.1) is 18.8 Å². The first-order chi connectivity index (χ1) is 9.11. The van der Waals surface area contributed by atoms with Crippen LogP contribution in [0.5, 0.6) is 5.75 Å². The van der Waals surface area contributed by atoms with Crippen LogP contribution in [0.3, 0.4) is 0 Å². The van der Waals surface area contributed by atoms with E-state index >= 15 is 0 Å². The van der Waals surface area contributed by atoms with Gasteiger partial charge in [-0.2, -0.15) is 0 Å². The van der Waals surface area contributed by atoms with Crippen LogP contribution in [0.2, 0.25) is 0 Å². The summed E-state index contributed by atoms with van der Waals surface area (Å²) in [7, 11) is 1.47. The molecule has 0 fully saturated rings. The van der Waals surface area contributed by atoms with E-state index in [4.69, 9.17) is 4.74 Å². The molecule has 3 heteroatoms. The molecule has 1 atom stereocenters. The predicted molar refractivity (Wildman–Crippen MR) is 72.8 cm³/mol. The first-order valence-corrected chi connectivity index (χ1v) is 6.18. The van der Waals surface area contributed by atoms with Crippen molar-refractivity contribution in [2.45, 2.75) is 19.4 Å². The summed E-state index contributed by atoms with van der Waals surface area (Å²) >= 11 is 0. The standard InChI is InChI=1S/C16H17FO2/c1-11-6-8-12(9-7-11)10-14(18)16-13(17)4-3-5-15(16)19-2/h3-9,14,18H,10H2,1-2H3. The maximum Gasteiger partial charge on any atom is 0.132 e. The zero-order chi connectivity index (χ0) is 13.8.